The van der Waals surface area contributed by atoms with Gasteiger partial charge in [0.2, 0.25) is 11.8 Å². The normalized spacial score (nSPS) is 12.4. The van der Waals surface area contributed by atoms with Crippen molar-refractivity contribution >= 4 is 27.7 Å². The van der Waals surface area contributed by atoms with Crippen molar-refractivity contribution < 1.29 is 14.0 Å². The number of carbonyl (C=O) groups is 2. The minimum Gasteiger partial charge on any atom is -0.350 e. The highest BCUT2D eigenvalue weighted by atomic mass is 79.9. The maximum Gasteiger partial charge on any atom is 0.242 e. The smallest absolute Gasteiger partial charge is 0.242 e. The fourth-order valence-corrected chi connectivity index (χ4v) is 3.24. The maximum absolute atomic E-state index is 14.0. The third-order valence-corrected chi connectivity index (χ3v) is 4.70. The highest BCUT2D eigenvalue weighted by Crippen LogP contribution is 2.17. The van der Waals surface area contributed by atoms with E-state index in [1.807, 2.05) is 45.0 Å². The molecule has 0 bridgehead atoms. The summed E-state index contributed by atoms with van der Waals surface area (Å²) in [6.45, 7) is 7.61. The molecule has 0 spiro atoms. The molecule has 0 aliphatic carbocycles. The Balaban J connectivity index is 2.27. The zero-order valence-electron chi connectivity index (χ0n) is 16.6. The summed E-state index contributed by atoms with van der Waals surface area (Å²) in [5.41, 5.74) is 0.781. The van der Waals surface area contributed by atoms with Gasteiger partial charge in [-0.05, 0) is 57.0 Å². The molecule has 150 valence electrons. The van der Waals surface area contributed by atoms with E-state index in [9.17, 15) is 14.0 Å². The number of rotatable bonds is 6. The zero-order valence-corrected chi connectivity index (χ0v) is 18.2. The second kappa shape index (κ2) is 9.32. The molecule has 0 aliphatic heterocycles. The van der Waals surface area contributed by atoms with Gasteiger partial charge in [-0.3, -0.25) is 9.59 Å². The molecule has 28 heavy (non-hydrogen) atoms. The Morgan fingerprint density at radius 1 is 1.14 bits per heavy atom. The third kappa shape index (κ3) is 6.44. The molecule has 0 fully saturated rings. The fourth-order valence-electron chi connectivity index (χ4n) is 2.79. The first kappa shape index (κ1) is 22.1. The minimum atomic E-state index is -0.697. The van der Waals surface area contributed by atoms with Gasteiger partial charge >= 0.3 is 0 Å². The average Bonchev–Trinajstić information content (AvgIpc) is 2.59. The van der Waals surface area contributed by atoms with Crippen LogP contribution in [0.25, 0.3) is 0 Å². The first-order valence-electron chi connectivity index (χ1n) is 9.16. The molecule has 2 aromatic carbocycles. The van der Waals surface area contributed by atoms with E-state index in [0.29, 0.717) is 5.56 Å². The van der Waals surface area contributed by atoms with Crippen molar-refractivity contribution in [1.29, 1.82) is 0 Å². The molecule has 0 saturated heterocycles. The van der Waals surface area contributed by atoms with Crippen LogP contribution < -0.4 is 5.32 Å². The van der Waals surface area contributed by atoms with Crippen molar-refractivity contribution in [3.05, 3.63) is 69.9 Å². The Kier molecular flexibility index (Phi) is 7.35. The van der Waals surface area contributed by atoms with E-state index in [0.717, 1.165) is 10.0 Å². The summed E-state index contributed by atoms with van der Waals surface area (Å²) in [5.74, 6) is -0.976. The van der Waals surface area contributed by atoms with E-state index in [4.69, 9.17) is 0 Å². The van der Waals surface area contributed by atoms with Crippen LogP contribution in [-0.2, 0) is 22.6 Å². The van der Waals surface area contributed by atoms with Gasteiger partial charge in [-0.25, -0.2) is 4.39 Å². The van der Waals surface area contributed by atoms with Gasteiger partial charge in [0.15, 0.2) is 0 Å². The van der Waals surface area contributed by atoms with E-state index >= 15 is 0 Å². The van der Waals surface area contributed by atoms with Crippen molar-refractivity contribution in [2.75, 3.05) is 0 Å². The quantitative estimate of drug-likeness (QED) is 0.708. The van der Waals surface area contributed by atoms with Crippen molar-refractivity contribution in [1.82, 2.24) is 10.2 Å². The number of nitrogens with zero attached hydrogens (tertiary/aromatic N) is 1. The van der Waals surface area contributed by atoms with Gasteiger partial charge in [-0.1, -0.05) is 46.3 Å². The number of nitrogens with one attached hydrogen (secondary N) is 1. The Morgan fingerprint density at radius 3 is 2.43 bits per heavy atom. The molecular weight excluding hydrogens is 423 g/mol. The maximum atomic E-state index is 14.0. The molecule has 0 aliphatic rings. The molecule has 4 nitrogen and oxygen atoms in total. The molecule has 1 unspecified atom stereocenters. The SMILES string of the molecule is CC(C(=O)NC(C)(C)C)N(Cc1cccc(Br)c1)C(=O)Cc1ccccc1F. The lowest BCUT2D eigenvalue weighted by atomic mass is 10.1. The molecule has 0 aromatic heterocycles. The second-order valence-corrected chi connectivity index (χ2v) is 8.75. The van der Waals surface area contributed by atoms with Crippen molar-refractivity contribution in [3.8, 4) is 0 Å². The molecule has 2 aromatic rings. The van der Waals surface area contributed by atoms with Gasteiger partial charge in [0.1, 0.15) is 11.9 Å². The van der Waals surface area contributed by atoms with Crippen LogP contribution in [-0.4, -0.2) is 28.3 Å². The van der Waals surface area contributed by atoms with E-state index < -0.39 is 17.4 Å². The van der Waals surface area contributed by atoms with Crippen LogP contribution in [0.2, 0.25) is 0 Å². The molecule has 1 N–H and O–H groups in total. The molecule has 0 radical (unpaired) electrons. The molecule has 0 saturated carbocycles. The first-order chi connectivity index (χ1) is 13.1. The van der Waals surface area contributed by atoms with Crippen LogP contribution in [0.5, 0.6) is 0 Å². The van der Waals surface area contributed by atoms with Crippen LogP contribution in [0.1, 0.15) is 38.8 Å². The van der Waals surface area contributed by atoms with Crippen LogP contribution in [0.3, 0.4) is 0 Å². The van der Waals surface area contributed by atoms with Crippen molar-refractivity contribution in [3.63, 3.8) is 0 Å². The van der Waals surface area contributed by atoms with Gasteiger partial charge in [0, 0.05) is 16.6 Å². The second-order valence-electron chi connectivity index (χ2n) is 7.83. The first-order valence-corrected chi connectivity index (χ1v) is 9.95. The lowest BCUT2D eigenvalue weighted by molar-refractivity contribution is -0.140. The average molecular weight is 449 g/mol. The fraction of sp³-hybridized carbons (Fsp3) is 0.364. The summed E-state index contributed by atoms with van der Waals surface area (Å²) < 4.78 is 14.9. The standard InChI is InChI=1S/C22H26BrFN2O2/c1-15(21(28)25-22(2,3)4)26(14-16-8-7-10-18(23)12-16)20(27)13-17-9-5-6-11-19(17)24/h5-12,15H,13-14H2,1-4H3,(H,25,28). The summed E-state index contributed by atoms with van der Waals surface area (Å²) in [6, 6.07) is 13.1. The Labute approximate surface area is 174 Å². The monoisotopic (exact) mass is 448 g/mol. The Bertz CT molecular complexity index is 848. The number of hydrogen-bond donors (Lipinski definition) is 1. The highest BCUT2D eigenvalue weighted by Gasteiger charge is 2.28. The summed E-state index contributed by atoms with van der Waals surface area (Å²) >= 11 is 3.43. The lowest BCUT2D eigenvalue weighted by Crippen LogP contribution is -2.52. The molecule has 2 amide bonds. The van der Waals surface area contributed by atoms with Crippen LogP contribution in [0.4, 0.5) is 4.39 Å². The van der Waals surface area contributed by atoms with E-state index in [2.05, 4.69) is 21.2 Å². The molecular formula is C22H26BrFN2O2. The lowest BCUT2D eigenvalue weighted by Gasteiger charge is -2.31. The van der Waals surface area contributed by atoms with Gasteiger partial charge in [-0.15, -0.1) is 0 Å². The number of benzene rings is 2. The minimum absolute atomic E-state index is 0.103. The number of hydrogen-bond acceptors (Lipinski definition) is 2. The largest absolute Gasteiger partial charge is 0.350 e. The van der Waals surface area contributed by atoms with Gasteiger partial charge in [0.25, 0.3) is 0 Å². The molecule has 0 heterocycles. The van der Waals surface area contributed by atoms with E-state index in [-0.39, 0.29) is 24.8 Å². The van der Waals surface area contributed by atoms with Crippen LogP contribution in [0, 0.1) is 5.82 Å². The molecule has 2 rings (SSSR count). The van der Waals surface area contributed by atoms with Gasteiger partial charge < -0.3 is 10.2 Å². The summed E-state index contributed by atoms with van der Waals surface area (Å²) in [6.07, 6.45) is -0.103. The number of carbonyl (C=O) groups excluding carboxylic acids is 2. The number of halogens is 2. The summed E-state index contributed by atoms with van der Waals surface area (Å²) in [5, 5.41) is 2.91. The topological polar surface area (TPSA) is 49.4 Å². The van der Waals surface area contributed by atoms with Crippen LogP contribution in [0.15, 0.2) is 53.0 Å². The summed E-state index contributed by atoms with van der Waals surface area (Å²) in [7, 11) is 0. The van der Waals surface area contributed by atoms with Gasteiger partial charge in [0.05, 0.1) is 6.42 Å². The van der Waals surface area contributed by atoms with Gasteiger partial charge in [-0.2, -0.15) is 0 Å². The number of amides is 2. The van der Waals surface area contributed by atoms with Crippen LogP contribution >= 0.6 is 15.9 Å². The van der Waals surface area contributed by atoms with Crippen molar-refractivity contribution in [2.24, 2.45) is 0 Å². The third-order valence-electron chi connectivity index (χ3n) is 4.21. The van der Waals surface area contributed by atoms with E-state index in [1.165, 1.54) is 11.0 Å². The van der Waals surface area contributed by atoms with Crippen molar-refractivity contribution in [2.45, 2.75) is 52.2 Å². The highest BCUT2D eigenvalue weighted by molar-refractivity contribution is 9.10. The molecule has 1 atom stereocenters. The Hall–Kier alpha value is -2.21. The Morgan fingerprint density at radius 2 is 1.82 bits per heavy atom. The predicted octanol–water partition coefficient (Wildman–Crippen LogP) is 4.46. The molecule has 6 heteroatoms. The predicted molar refractivity (Wildman–Crippen MR) is 112 cm³/mol. The summed E-state index contributed by atoms with van der Waals surface area (Å²) in [4.78, 5) is 27.2. The van der Waals surface area contributed by atoms with E-state index in [1.54, 1.807) is 25.1 Å². The zero-order chi connectivity index (χ0) is 20.9.